The Hall–Kier alpha value is -4.25. The van der Waals surface area contributed by atoms with Gasteiger partial charge in [-0.1, -0.05) is 0 Å². The normalized spacial score (nSPS) is 24.3. The summed E-state index contributed by atoms with van der Waals surface area (Å²) < 4.78 is 59.6. The van der Waals surface area contributed by atoms with Gasteiger partial charge in [-0.15, -0.1) is 0 Å². The molecule has 3 aliphatic rings. The Morgan fingerprint density at radius 1 is 1.22 bits per heavy atom. The number of carbonyl (C=O) groups is 1. The minimum atomic E-state index is -4.71. The number of piperidine rings is 1. The summed E-state index contributed by atoms with van der Waals surface area (Å²) in [5.74, 6) is -2.67. The predicted octanol–water partition coefficient (Wildman–Crippen LogP) is 4.16. The van der Waals surface area contributed by atoms with Gasteiger partial charge in [0.25, 0.3) is 0 Å². The van der Waals surface area contributed by atoms with Crippen LogP contribution in [-0.2, 0) is 5.54 Å². The van der Waals surface area contributed by atoms with Crippen molar-refractivity contribution in [1.29, 1.82) is 5.26 Å². The van der Waals surface area contributed by atoms with Gasteiger partial charge in [-0.05, 0) is 31.4 Å². The number of alkyl halides is 3. The molecular formula is C27H27F4N9O. The third-order valence-corrected chi connectivity index (χ3v) is 8.23. The zero-order chi connectivity index (χ0) is 28.8. The summed E-state index contributed by atoms with van der Waals surface area (Å²) in [6.07, 6.45) is 6.88. The summed E-state index contributed by atoms with van der Waals surface area (Å²) in [4.78, 5) is 27.0. The summed E-state index contributed by atoms with van der Waals surface area (Å²) in [7, 11) is 0. The van der Waals surface area contributed by atoms with Gasteiger partial charge in [0.2, 0.25) is 0 Å². The number of fused-ring (bicyclic) bond motifs is 1. The lowest BCUT2D eigenvalue weighted by molar-refractivity contribution is -0.200. The number of rotatable bonds is 5. The zero-order valence-corrected chi connectivity index (χ0v) is 21.9. The lowest BCUT2D eigenvalue weighted by Crippen LogP contribution is -2.77. The van der Waals surface area contributed by atoms with E-state index in [2.05, 4.69) is 31.4 Å². The Kier molecular flexibility index (Phi) is 6.56. The standard InChI is InChI=1S/C27H27F4N9O/c28-20-13-35-23-19(4-8-34-23)22(20)18-12-36-40(15-18)25(5-7-32)16-39(17-25)26(6-9-33-14-21(26)27(29,30)31)37-24(41)38-10-2-1-3-11-38/h4,6,8-9,12-15,21H,1-3,5,10-11,16-17H2,(H,34,35)(H,37,41). The Balaban J connectivity index is 1.33. The Labute approximate surface area is 232 Å². The molecule has 214 valence electrons. The molecule has 41 heavy (non-hydrogen) atoms. The predicted molar refractivity (Wildman–Crippen MR) is 141 cm³/mol. The van der Waals surface area contributed by atoms with Crippen LogP contribution in [0.2, 0.25) is 0 Å². The van der Waals surface area contributed by atoms with Crippen molar-refractivity contribution in [3.05, 3.63) is 48.9 Å². The van der Waals surface area contributed by atoms with Crippen LogP contribution < -0.4 is 5.32 Å². The number of halogens is 4. The van der Waals surface area contributed by atoms with Gasteiger partial charge in [-0.3, -0.25) is 14.6 Å². The zero-order valence-electron chi connectivity index (χ0n) is 21.9. The molecule has 2 unspecified atom stereocenters. The maximum Gasteiger partial charge on any atom is 0.400 e. The van der Waals surface area contributed by atoms with Crippen LogP contribution in [0.1, 0.15) is 25.7 Å². The molecule has 0 aliphatic carbocycles. The van der Waals surface area contributed by atoms with E-state index in [0.717, 1.165) is 31.7 Å². The first-order chi connectivity index (χ1) is 19.7. The fourth-order valence-electron chi connectivity index (χ4n) is 6.09. The van der Waals surface area contributed by atoms with E-state index in [0.29, 0.717) is 29.7 Å². The van der Waals surface area contributed by atoms with E-state index < -0.39 is 35.1 Å². The summed E-state index contributed by atoms with van der Waals surface area (Å²) in [6, 6.07) is 3.24. The van der Waals surface area contributed by atoms with Gasteiger partial charge in [0.1, 0.15) is 28.6 Å². The number of H-pyrrole nitrogens is 1. The van der Waals surface area contributed by atoms with Crippen molar-refractivity contribution in [2.75, 3.05) is 26.2 Å². The molecule has 6 heterocycles. The molecule has 3 aliphatic heterocycles. The Morgan fingerprint density at radius 3 is 2.73 bits per heavy atom. The molecule has 0 spiro atoms. The number of carbonyl (C=O) groups excluding carboxylic acids is 1. The van der Waals surface area contributed by atoms with Crippen LogP contribution in [0.5, 0.6) is 0 Å². The quantitative estimate of drug-likeness (QED) is 0.448. The highest BCUT2D eigenvalue weighted by Gasteiger charge is 2.62. The first-order valence-electron chi connectivity index (χ1n) is 13.3. The molecule has 0 radical (unpaired) electrons. The van der Waals surface area contributed by atoms with Gasteiger partial charge >= 0.3 is 12.2 Å². The number of nitrogens with zero attached hydrogens (tertiary/aromatic N) is 7. The molecule has 14 heteroatoms. The number of aromatic amines is 1. The van der Waals surface area contributed by atoms with Crippen molar-refractivity contribution in [2.24, 2.45) is 10.9 Å². The SMILES string of the molecule is N#CCC1(n2cc(-c3c(F)cnc4[nH]ccc34)cn2)CN(C2(NC(=O)N3CCCCC3)C=CN=CC2C(F)(F)F)C1. The molecule has 0 saturated carbocycles. The van der Waals surface area contributed by atoms with Crippen LogP contribution in [0, 0.1) is 23.1 Å². The van der Waals surface area contributed by atoms with Crippen molar-refractivity contribution >= 4 is 23.3 Å². The molecule has 2 amide bonds. The van der Waals surface area contributed by atoms with E-state index in [1.54, 1.807) is 18.5 Å². The minimum Gasteiger partial charge on any atom is -0.346 e. The first kappa shape index (κ1) is 26.9. The third-order valence-electron chi connectivity index (χ3n) is 8.23. The second-order valence-electron chi connectivity index (χ2n) is 10.7. The number of amides is 2. The van der Waals surface area contributed by atoms with Crippen LogP contribution in [-0.4, -0.2) is 79.8 Å². The number of hydrogen-bond donors (Lipinski definition) is 2. The summed E-state index contributed by atoms with van der Waals surface area (Å²) in [5.41, 5.74) is -1.74. The number of hydrogen-bond acceptors (Lipinski definition) is 6. The second-order valence-corrected chi connectivity index (χ2v) is 10.7. The lowest BCUT2D eigenvalue weighted by atomic mass is 9.79. The van der Waals surface area contributed by atoms with Gasteiger partial charge < -0.3 is 15.2 Å². The molecule has 6 rings (SSSR count). The number of nitriles is 1. The van der Waals surface area contributed by atoms with E-state index in [1.165, 1.54) is 33.0 Å². The van der Waals surface area contributed by atoms with Gasteiger partial charge in [-0.2, -0.15) is 23.5 Å². The number of aromatic nitrogens is 4. The largest absolute Gasteiger partial charge is 0.400 e. The van der Waals surface area contributed by atoms with Gasteiger partial charge in [0.05, 0.1) is 24.9 Å². The minimum absolute atomic E-state index is 0.0227. The molecule has 3 aromatic heterocycles. The van der Waals surface area contributed by atoms with Crippen LogP contribution in [0.4, 0.5) is 22.4 Å². The van der Waals surface area contributed by atoms with Crippen LogP contribution in [0.25, 0.3) is 22.2 Å². The lowest BCUT2D eigenvalue weighted by Gasteiger charge is -2.58. The molecular weight excluding hydrogens is 542 g/mol. The molecule has 2 fully saturated rings. The van der Waals surface area contributed by atoms with Crippen molar-refractivity contribution in [2.45, 2.75) is 43.1 Å². The smallest absolute Gasteiger partial charge is 0.346 e. The number of aliphatic imine (C=N–C) groups is 1. The number of nitrogens with one attached hydrogen (secondary N) is 2. The fraction of sp³-hybridized carbons (Fsp3) is 0.444. The fourth-order valence-corrected chi connectivity index (χ4v) is 6.09. The van der Waals surface area contributed by atoms with E-state index in [1.807, 2.05) is 0 Å². The average molecular weight is 570 g/mol. The monoisotopic (exact) mass is 569 g/mol. The van der Waals surface area contributed by atoms with Crippen molar-refractivity contribution in [3.63, 3.8) is 0 Å². The van der Waals surface area contributed by atoms with Crippen LogP contribution in [0.3, 0.4) is 0 Å². The van der Waals surface area contributed by atoms with Crippen molar-refractivity contribution in [1.82, 2.24) is 34.9 Å². The maximum absolute atomic E-state index is 14.9. The van der Waals surface area contributed by atoms with E-state index in [9.17, 15) is 27.6 Å². The second kappa shape index (κ2) is 9.99. The molecule has 2 atom stereocenters. The van der Waals surface area contributed by atoms with E-state index in [4.69, 9.17) is 0 Å². The van der Waals surface area contributed by atoms with E-state index in [-0.39, 0.29) is 25.1 Å². The van der Waals surface area contributed by atoms with Gasteiger partial charge in [-0.25, -0.2) is 14.2 Å². The van der Waals surface area contributed by atoms with Crippen LogP contribution >= 0.6 is 0 Å². The molecule has 0 bridgehead atoms. The number of likely N-dealkylation sites (tertiary alicyclic amines) is 2. The molecule has 2 N–H and O–H groups in total. The summed E-state index contributed by atoms with van der Waals surface area (Å²) in [5, 5.41) is 17.4. The number of urea groups is 1. The average Bonchev–Trinajstić information content (AvgIpc) is 3.61. The maximum atomic E-state index is 14.9. The topological polar surface area (TPSA) is 118 Å². The Bertz CT molecular complexity index is 1560. The van der Waals surface area contributed by atoms with Gasteiger partial charge in [0.15, 0.2) is 0 Å². The summed E-state index contributed by atoms with van der Waals surface area (Å²) in [6.45, 7) is 0.881. The van der Waals surface area contributed by atoms with Crippen molar-refractivity contribution in [3.8, 4) is 17.2 Å². The molecule has 10 nitrogen and oxygen atoms in total. The summed E-state index contributed by atoms with van der Waals surface area (Å²) >= 11 is 0. The number of pyridine rings is 1. The van der Waals surface area contributed by atoms with Gasteiger partial charge in [0, 0.05) is 67.5 Å². The Morgan fingerprint density at radius 2 is 2.00 bits per heavy atom. The first-order valence-corrected chi connectivity index (χ1v) is 13.3. The van der Waals surface area contributed by atoms with E-state index >= 15 is 0 Å². The highest BCUT2D eigenvalue weighted by Crippen LogP contribution is 2.45. The van der Waals surface area contributed by atoms with Crippen molar-refractivity contribution < 1.29 is 22.4 Å². The molecule has 0 aromatic carbocycles. The molecule has 2 saturated heterocycles. The molecule has 3 aromatic rings. The highest BCUT2D eigenvalue weighted by atomic mass is 19.4. The third kappa shape index (κ3) is 4.54. The van der Waals surface area contributed by atoms with Crippen LogP contribution in [0.15, 0.2) is 48.1 Å². The highest BCUT2D eigenvalue weighted by molar-refractivity contribution is 5.92.